The quantitative estimate of drug-likeness (QED) is 0.757. The summed E-state index contributed by atoms with van der Waals surface area (Å²) in [5, 5.41) is 0.729. The number of carbonyl (C=O) groups excluding carboxylic acids is 1. The molecular weight excluding hydrogens is 270 g/mol. The highest BCUT2D eigenvalue weighted by molar-refractivity contribution is 6.30. The van der Waals surface area contributed by atoms with Crippen LogP contribution in [0.3, 0.4) is 0 Å². The third-order valence-electron chi connectivity index (χ3n) is 3.60. The van der Waals surface area contributed by atoms with Gasteiger partial charge in [0.25, 0.3) is 0 Å². The third-order valence-corrected chi connectivity index (χ3v) is 3.85. The average molecular weight is 288 g/mol. The van der Waals surface area contributed by atoms with Crippen molar-refractivity contribution in [3.63, 3.8) is 0 Å². The number of para-hydroxylation sites is 1. The SMILES string of the molecule is CC(=O)c1ccccc1N(C)C(C)c1ccc(Cl)cc1. The number of carbonyl (C=O) groups is 1. The second-order valence-corrected chi connectivity index (χ2v) is 5.35. The van der Waals surface area contributed by atoms with Crippen LogP contribution < -0.4 is 4.90 Å². The van der Waals surface area contributed by atoms with E-state index in [0.717, 1.165) is 21.8 Å². The van der Waals surface area contributed by atoms with Crippen molar-refractivity contribution in [1.82, 2.24) is 0 Å². The molecule has 2 rings (SSSR count). The first-order valence-electron chi connectivity index (χ1n) is 6.59. The minimum Gasteiger partial charge on any atom is -0.367 e. The molecule has 0 fully saturated rings. The normalized spacial score (nSPS) is 12.0. The zero-order valence-electron chi connectivity index (χ0n) is 11.9. The molecule has 20 heavy (non-hydrogen) atoms. The van der Waals surface area contributed by atoms with E-state index >= 15 is 0 Å². The smallest absolute Gasteiger partial charge is 0.161 e. The van der Waals surface area contributed by atoms with Crippen molar-refractivity contribution in [2.24, 2.45) is 0 Å². The van der Waals surface area contributed by atoms with Crippen molar-refractivity contribution < 1.29 is 4.79 Å². The molecule has 0 aliphatic heterocycles. The summed E-state index contributed by atoms with van der Waals surface area (Å²) in [7, 11) is 2.00. The molecule has 0 aliphatic carbocycles. The van der Waals surface area contributed by atoms with Gasteiger partial charge in [-0.3, -0.25) is 4.79 Å². The summed E-state index contributed by atoms with van der Waals surface area (Å²) in [5.41, 5.74) is 2.86. The van der Waals surface area contributed by atoms with Crippen molar-refractivity contribution in [2.45, 2.75) is 19.9 Å². The van der Waals surface area contributed by atoms with Crippen LogP contribution in [0.4, 0.5) is 5.69 Å². The standard InChI is InChI=1S/C17H18ClNO/c1-12(14-8-10-15(18)11-9-14)19(3)17-7-5-4-6-16(17)13(2)20/h4-12H,1-3H3. The third kappa shape index (κ3) is 3.02. The van der Waals surface area contributed by atoms with Crippen LogP contribution in [0.15, 0.2) is 48.5 Å². The van der Waals surface area contributed by atoms with Crippen LogP contribution in [0, 0.1) is 0 Å². The van der Waals surface area contributed by atoms with Crippen LogP contribution in [0.2, 0.25) is 5.02 Å². The van der Waals surface area contributed by atoms with Crippen LogP contribution in [0.25, 0.3) is 0 Å². The van der Waals surface area contributed by atoms with Gasteiger partial charge in [-0.15, -0.1) is 0 Å². The van der Waals surface area contributed by atoms with Crippen molar-refractivity contribution in [2.75, 3.05) is 11.9 Å². The van der Waals surface area contributed by atoms with Gasteiger partial charge < -0.3 is 4.90 Å². The van der Waals surface area contributed by atoms with E-state index in [4.69, 9.17) is 11.6 Å². The summed E-state index contributed by atoms with van der Waals surface area (Å²) in [6.07, 6.45) is 0. The lowest BCUT2D eigenvalue weighted by atomic mass is 10.0. The van der Waals surface area contributed by atoms with Crippen molar-refractivity contribution in [1.29, 1.82) is 0 Å². The number of rotatable bonds is 4. The lowest BCUT2D eigenvalue weighted by molar-refractivity contribution is 0.101. The Balaban J connectivity index is 2.33. The zero-order valence-corrected chi connectivity index (χ0v) is 12.7. The predicted octanol–water partition coefficient (Wildman–Crippen LogP) is 4.74. The second-order valence-electron chi connectivity index (χ2n) is 4.91. The summed E-state index contributed by atoms with van der Waals surface area (Å²) in [5.74, 6) is 0.0794. The molecule has 2 nitrogen and oxygen atoms in total. The molecule has 0 aromatic heterocycles. The Hall–Kier alpha value is -1.80. The summed E-state index contributed by atoms with van der Waals surface area (Å²) in [4.78, 5) is 13.8. The van der Waals surface area contributed by atoms with Crippen LogP contribution in [-0.4, -0.2) is 12.8 Å². The Morgan fingerprint density at radius 3 is 2.30 bits per heavy atom. The lowest BCUT2D eigenvalue weighted by Gasteiger charge is -2.29. The van der Waals surface area contributed by atoms with Crippen molar-refractivity contribution in [3.05, 3.63) is 64.7 Å². The second kappa shape index (κ2) is 6.10. The van der Waals surface area contributed by atoms with Crippen LogP contribution in [-0.2, 0) is 0 Å². The van der Waals surface area contributed by atoms with E-state index in [1.165, 1.54) is 0 Å². The fourth-order valence-corrected chi connectivity index (χ4v) is 2.38. The Bertz CT molecular complexity index is 607. The largest absolute Gasteiger partial charge is 0.367 e. The van der Waals surface area contributed by atoms with Gasteiger partial charge in [-0.2, -0.15) is 0 Å². The molecule has 104 valence electrons. The number of hydrogen-bond acceptors (Lipinski definition) is 2. The maximum absolute atomic E-state index is 11.7. The van der Waals surface area contributed by atoms with Gasteiger partial charge in [-0.25, -0.2) is 0 Å². The van der Waals surface area contributed by atoms with E-state index in [1.807, 2.05) is 55.6 Å². The number of benzene rings is 2. The highest BCUT2D eigenvalue weighted by atomic mass is 35.5. The molecule has 0 bridgehead atoms. The molecule has 0 N–H and O–H groups in total. The van der Waals surface area contributed by atoms with Gasteiger partial charge in [-0.1, -0.05) is 35.9 Å². The molecular formula is C17H18ClNO. The molecule has 0 aliphatic rings. The van der Waals surface area contributed by atoms with Crippen molar-refractivity contribution >= 4 is 23.1 Å². The summed E-state index contributed by atoms with van der Waals surface area (Å²) in [6.45, 7) is 3.71. The number of Topliss-reactive ketones (excluding diaryl/α,β-unsaturated/α-hetero) is 1. The number of hydrogen-bond donors (Lipinski definition) is 0. The molecule has 0 saturated carbocycles. The molecule has 1 unspecified atom stereocenters. The van der Waals surface area contributed by atoms with Gasteiger partial charge in [0.05, 0.1) is 6.04 Å². The monoisotopic (exact) mass is 287 g/mol. The molecule has 0 amide bonds. The van der Waals surface area contributed by atoms with Gasteiger partial charge >= 0.3 is 0 Å². The zero-order chi connectivity index (χ0) is 14.7. The van der Waals surface area contributed by atoms with E-state index in [0.29, 0.717) is 0 Å². The molecule has 0 heterocycles. The Morgan fingerprint density at radius 1 is 1.10 bits per heavy atom. The molecule has 0 spiro atoms. The Kier molecular flexibility index (Phi) is 4.46. The molecule has 2 aromatic rings. The first-order chi connectivity index (χ1) is 9.50. The summed E-state index contributed by atoms with van der Waals surface area (Å²) >= 11 is 5.92. The van der Waals surface area contributed by atoms with Gasteiger partial charge in [0.15, 0.2) is 5.78 Å². The number of anilines is 1. The van der Waals surface area contributed by atoms with Gasteiger partial charge in [0.1, 0.15) is 0 Å². The average Bonchev–Trinajstić information content (AvgIpc) is 2.46. The number of halogens is 1. The highest BCUT2D eigenvalue weighted by Gasteiger charge is 2.16. The van der Waals surface area contributed by atoms with Gasteiger partial charge in [0, 0.05) is 23.3 Å². The fraction of sp³-hybridized carbons (Fsp3) is 0.235. The van der Waals surface area contributed by atoms with E-state index in [1.54, 1.807) is 6.92 Å². The van der Waals surface area contributed by atoms with E-state index in [2.05, 4.69) is 11.8 Å². The lowest BCUT2D eigenvalue weighted by Crippen LogP contribution is -2.23. The molecule has 3 heteroatoms. The highest BCUT2D eigenvalue weighted by Crippen LogP contribution is 2.28. The maximum atomic E-state index is 11.7. The molecule has 0 saturated heterocycles. The first kappa shape index (κ1) is 14.6. The first-order valence-corrected chi connectivity index (χ1v) is 6.96. The van der Waals surface area contributed by atoms with E-state index in [-0.39, 0.29) is 11.8 Å². The van der Waals surface area contributed by atoms with E-state index < -0.39 is 0 Å². The summed E-state index contributed by atoms with van der Waals surface area (Å²) in [6, 6.07) is 15.6. The van der Waals surface area contributed by atoms with Crippen LogP contribution >= 0.6 is 11.6 Å². The van der Waals surface area contributed by atoms with Gasteiger partial charge in [-0.05, 0) is 43.7 Å². The minimum atomic E-state index is 0.0794. The number of nitrogens with zero attached hydrogens (tertiary/aromatic N) is 1. The number of ketones is 1. The topological polar surface area (TPSA) is 20.3 Å². The predicted molar refractivity (Wildman–Crippen MR) is 84.7 cm³/mol. The fourth-order valence-electron chi connectivity index (χ4n) is 2.25. The maximum Gasteiger partial charge on any atom is 0.161 e. The molecule has 0 radical (unpaired) electrons. The Labute approximate surface area is 125 Å². The van der Waals surface area contributed by atoms with Gasteiger partial charge in [0.2, 0.25) is 0 Å². The van der Waals surface area contributed by atoms with E-state index in [9.17, 15) is 4.79 Å². The molecule has 1 atom stereocenters. The molecule has 2 aromatic carbocycles. The van der Waals surface area contributed by atoms with Crippen molar-refractivity contribution in [3.8, 4) is 0 Å². The summed E-state index contributed by atoms with van der Waals surface area (Å²) < 4.78 is 0. The van der Waals surface area contributed by atoms with Crippen LogP contribution in [0.5, 0.6) is 0 Å². The minimum absolute atomic E-state index is 0.0794. The van der Waals surface area contributed by atoms with Crippen LogP contribution in [0.1, 0.15) is 35.8 Å². The Morgan fingerprint density at radius 2 is 1.70 bits per heavy atom.